The maximum Gasteiger partial charge on any atom is 0.293 e. The number of nitrogens with one attached hydrogen (secondary N) is 2. The van der Waals surface area contributed by atoms with Gasteiger partial charge in [0, 0.05) is 24.1 Å². The first kappa shape index (κ1) is 16.6. The highest BCUT2D eigenvalue weighted by Crippen LogP contribution is 2.33. The number of carbonyl (C=O) groups excluding carboxylic acids is 2. The number of aryl methyl sites for hydroxylation is 1. The van der Waals surface area contributed by atoms with Crippen LogP contribution in [0.15, 0.2) is 18.2 Å². The molecule has 0 saturated heterocycles. The number of thiazole rings is 1. The van der Waals surface area contributed by atoms with Crippen molar-refractivity contribution < 1.29 is 14.5 Å². The van der Waals surface area contributed by atoms with Gasteiger partial charge in [0.2, 0.25) is 0 Å². The van der Waals surface area contributed by atoms with E-state index in [1.165, 1.54) is 6.07 Å². The highest BCUT2D eigenvalue weighted by atomic mass is 32.1. The fourth-order valence-electron chi connectivity index (χ4n) is 2.89. The van der Waals surface area contributed by atoms with Crippen molar-refractivity contribution in [3.05, 3.63) is 44.4 Å². The number of nitro groups is 1. The lowest BCUT2D eigenvalue weighted by Crippen LogP contribution is -2.13. The van der Waals surface area contributed by atoms with Crippen molar-refractivity contribution in [2.24, 2.45) is 0 Å². The van der Waals surface area contributed by atoms with Crippen LogP contribution in [0.25, 0.3) is 0 Å². The van der Waals surface area contributed by atoms with Gasteiger partial charge in [-0.2, -0.15) is 0 Å². The van der Waals surface area contributed by atoms with E-state index >= 15 is 0 Å². The molecule has 0 atom stereocenters. The maximum absolute atomic E-state index is 12.5. The number of nitrogens with zero attached hydrogens (tertiary/aromatic N) is 2. The fraction of sp³-hybridized carbons (Fsp3) is 0.353. The van der Waals surface area contributed by atoms with Gasteiger partial charge in [-0.25, -0.2) is 4.98 Å². The molecule has 1 heterocycles. The number of ketones is 1. The van der Waals surface area contributed by atoms with Gasteiger partial charge >= 0.3 is 0 Å². The molecule has 0 unspecified atom stereocenters. The summed E-state index contributed by atoms with van der Waals surface area (Å²) in [4.78, 5) is 40.1. The first-order valence-corrected chi connectivity index (χ1v) is 9.22. The van der Waals surface area contributed by atoms with E-state index in [4.69, 9.17) is 0 Å². The van der Waals surface area contributed by atoms with Crippen molar-refractivity contribution in [1.82, 2.24) is 4.98 Å². The molecule has 0 aliphatic heterocycles. The number of Topliss-reactive ketones (excluding diaryl/α,β-unsaturated/α-hetero) is 1. The monoisotopic (exact) mass is 372 g/mol. The predicted molar refractivity (Wildman–Crippen MR) is 97.1 cm³/mol. The average Bonchev–Trinajstić information content (AvgIpc) is 3.32. The topological polar surface area (TPSA) is 114 Å². The van der Waals surface area contributed by atoms with E-state index in [9.17, 15) is 19.7 Å². The molecule has 2 N–H and O–H groups in total. The number of benzene rings is 1. The Kier molecular flexibility index (Phi) is 4.15. The van der Waals surface area contributed by atoms with E-state index in [1.807, 2.05) is 0 Å². The summed E-state index contributed by atoms with van der Waals surface area (Å²) in [5.74, 6) is -0.431. The molecule has 0 bridgehead atoms. The molecule has 134 valence electrons. The molecule has 1 fully saturated rings. The van der Waals surface area contributed by atoms with Crippen molar-refractivity contribution in [3.8, 4) is 0 Å². The Hall–Kier alpha value is -2.81. The van der Waals surface area contributed by atoms with Crippen LogP contribution >= 0.6 is 11.3 Å². The smallest absolute Gasteiger partial charge is 0.293 e. The number of aromatic nitrogens is 1. The van der Waals surface area contributed by atoms with Crippen molar-refractivity contribution >= 4 is 39.5 Å². The summed E-state index contributed by atoms with van der Waals surface area (Å²) in [6, 6.07) is 4.64. The van der Waals surface area contributed by atoms with Crippen molar-refractivity contribution in [2.75, 3.05) is 10.6 Å². The zero-order chi connectivity index (χ0) is 18.3. The molecule has 0 spiro atoms. The molecule has 26 heavy (non-hydrogen) atoms. The predicted octanol–water partition coefficient (Wildman–Crippen LogP) is 3.40. The Bertz CT molecular complexity index is 919. The standard InChI is InChI=1S/C17H16N4O4S/c22-14-3-1-2-12-15(14)26-17(19-12)20-16(23)9-4-7-11(18-10-5-6-10)13(8-9)21(24)25/h4,7-8,10,18H,1-3,5-6H2,(H,19,20,23). The molecular weight excluding hydrogens is 356 g/mol. The van der Waals surface area contributed by atoms with Gasteiger partial charge in [-0.1, -0.05) is 11.3 Å². The summed E-state index contributed by atoms with van der Waals surface area (Å²) < 4.78 is 0. The Morgan fingerprint density at radius 2 is 2.12 bits per heavy atom. The fourth-order valence-corrected chi connectivity index (χ4v) is 3.86. The van der Waals surface area contributed by atoms with Crippen LogP contribution in [0.2, 0.25) is 0 Å². The number of anilines is 2. The molecule has 2 aromatic rings. The van der Waals surface area contributed by atoms with Crippen LogP contribution in [0.5, 0.6) is 0 Å². The minimum atomic E-state index is -0.498. The molecule has 4 rings (SSSR count). The summed E-state index contributed by atoms with van der Waals surface area (Å²) in [5, 5.41) is 17.4. The summed E-state index contributed by atoms with van der Waals surface area (Å²) in [6.07, 6.45) is 3.98. The van der Waals surface area contributed by atoms with E-state index in [1.54, 1.807) is 12.1 Å². The first-order chi connectivity index (χ1) is 12.5. The maximum atomic E-state index is 12.5. The third-order valence-corrected chi connectivity index (χ3v) is 5.44. The Morgan fingerprint density at radius 3 is 2.81 bits per heavy atom. The molecule has 8 nitrogen and oxygen atoms in total. The van der Waals surface area contributed by atoms with Gasteiger partial charge < -0.3 is 5.32 Å². The Labute approximate surface area is 152 Å². The molecule has 2 aliphatic carbocycles. The molecule has 9 heteroatoms. The van der Waals surface area contributed by atoms with Gasteiger partial charge in [0.25, 0.3) is 11.6 Å². The van der Waals surface area contributed by atoms with Crippen LogP contribution < -0.4 is 10.6 Å². The van der Waals surface area contributed by atoms with Crippen LogP contribution in [-0.4, -0.2) is 27.6 Å². The number of nitro benzene ring substituents is 1. The van der Waals surface area contributed by atoms with Crippen LogP contribution in [0.3, 0.4) is 0 Å². The van der Waals surface area contributed by atoms with Gasteiger partial charge in [-0.3, -0.25) is 25.0 Å². The van der Waals surface area contributed by atoms with Crippen molar-refractivity contribution in [2.45, 2.75) is 38.1 Å². The average molecular weight is 372 g/mol. The third kappa shape index (κ3) is 3.30. The lowest BCUT2D eigenvalue weighted by molar-refractivity contribution is -0.384. The lowest BCUT2D eigenvalue weighted by atomic mass is 10.0. The molecule has 2 aliphatic rings. The highest BCUT2D eigenvalue weighted by molar-refractivity contribution is 7.17. The molecule has 1 aromatic heterocycles. The number of carbonyl (C=O) groups is 2. The Balaban J connectivity index is 1.55. The van der Waals surface area contributed by atoms with E-state index in [0.29, 0.717) is 22.1 Å². The van der Waals surface area contributed by atoms with Crippen molar-refractivity contribution in [1.29, 1.82) is 0 Å². The number of amides is 1. The number of rotatable bonds is 5. The zero-order valence-electron chi connectivity index (χ0n) is 13.8. The number of hydrogen-bond donors (Lipinski definition) is 2. The number of hydrogen-bond acceptors (Lipinski definition) is 7. The Morgan fingerprint density at radius 1 is 1.31 bits per heavy atom. The normalized spacial score (nSPS) is 16.1. The van der Waals surface area contributed by atoms with Crippen LogP contribution in [0, 0.1) is 10.1 Å². The minimum absolute atomic E-state index is 0.0513. The van der Waals surface area contributed by atoms with Gasteiger partial charge in [0.1, 0.15) is 5.69 Å². The molecule has 1 aromatic carbocycles. The molecule has 1 saturated carbocycles. The quantitative estimate of drug-likeness (QED) is 0.614. The van der Waals surface area contributed by atoms with Crippen LogP contribution in [0.4, 0.5) is 16.5 Å². The molecular formula is C17H16N4O4S. The second kappa shape index (κ2) is 6.49. The summed E-state index contributed by atoms with van der Waals surface area (Å²) in [5.41, 5.74) is 1.19. The van der Waals surface area contributed by atoms with Gasteiger partial charge in [-0.05, 0) is 37.8 Å². The van der Waals surface area contributed by atoms with Gasteiger partial charge in [0.05, 0.1) is 15.5 Å². The lowest BCUT2D eigenvalue weighted by Gasteiger charge is -2.07. The third-order valence-electron chi connectivity index (χ3n) is 4.38. The second-order valence-electron chi connectivity index (χ2n) is 6.43. The number of fused-ring (bicyclic) bond motifs is 1. The molecule has 1 amide bonds. The highest BCUT2D eigenvalue weighted by Gasteiger charge is 2.26. The van der Waals surface area contributed by atoms with Crippen LogP contribution in [-0.2, 0) is 6.42 Å². The first-order valence-electron chi connectivity index (χ1n) is 8.40. The van der Waals surface area contributed by atoms with Gasteiger partial charge in [0.15, 0.2) is 10.9 Å². The molecule has 0 radical (unpaired) electrons. The van der Waals surface area contributed by atoms with E-state index in [-0.39, 0.29) is 23.1 Å². The summed E-state index contributed by atoms with van der Waals surface area (Å²) in [6.45, 7) is 0. The largest absolute Gasteiger partial charge is 0.377 e. The zero-order valence-corrected chi connectivity index (χ0v) is 14.6. The van der Waals surface area contributed by atoms with E-state index in [0.717, 1.165) is 42.7 Å². The van der Waals surface area contributed by atoms with E-state index < -0.39 is 10.8 Å². The van der Waals surface area contributed by atoms with Crippen LogP contribution in [0.1, 0.15) is 51.4 Å². The minimum Gasteiger partial charge on any atom is -0.377 e. The summed E-state index contributed by atoms with van der Waals surface area (Å²) >= 11 is 1.16. The van der Waals surface area contributed by atoms with E-state index in [2.05, 4.69) is 15.6 Å². The van der Waals surface area contributed by atoms with Crippen molar-refractivity contribution in [3.63, 3.8) is 0 Å². The van der Waals surface area contributed by atoms with Gasteiger partial charge in [-0.15, -0.1) is 0 Å². The second-order valence-corrected chi connectivity index (χ2v) is 7.43. The SMILES string of the molecule is O=C(Nc1nc2c(s1)C(=O)CCC2)c1ccc(NC2CC2)c([N+](=O)[O-])c1. The summed E-state index contributed by atoms with van der Waals surface area (Å²) in [7, 11) is 0.